The summed E-state index contributed by atoms with van der Waals surface area (Å²) in [7, 11) is 1.66. The zero-order valence-corrected chi connectivity index (χ0v) is 6.69. The van der Waals surface area contributed by atoms with Crippen molar-refractivity contribution in [1.29, 1.82) is 0 Å². The lowest BCUT2D eigenvalue weighted by Gasteiger charge is -2.01. The first kappa shape index (κ1) is 8.00. The molecule has 0 bridgehead atoms. The van der Waals surface area contributed by atoms with Gasteiger partial charge in [-0.05, 0) is 6.92 Å². The molecule has 0 saturated carbocycles. The highest BCUT2D eigenvalue weighted by atomic mass is 16.2. The molecule has 0 aliphatic carbocycles. The van der Waals surface area contributed by atoms with Gasteiger partial charge in [0.25, 0.3) is 0 Å². The van der Waals surface area contributed by atoms with Crippen LogP contribution < -0.4 is 11.4 Å². The van der Waals surface area contributed by atoms with Crippen LogP contribution in [0.5, 0.6) is 0 Å². The van der Waals surface area contributed by atoms with Crippen molar-refractivity contribution in [2.75, 3.05) is 0 Å². The van der Waals surface area contributed by atoms with Gasteiger partial charge >= 0.3 is 5.69 Å². The Morgan fingerprint density at radius 2 is 2.45 bits per heavy atom. The number of hydrogen-bond donors (Lipinski definition) is 1. The molecule has 0 aliphatic rings. The van der Waals surface area contributed by atoms with Gasteiger partial charge in [-0.2, -0.15) is 5.10 Å². The zero-order valence-electron chi connectivity index (χ0n) is 6.69. The smallest absolute Gasteiger partial charge is 0.326 e. The average molecular weight is 156 g/mol. The molecular weight excluding hydrogens is 144 g/mol. The maximum Gasteiger partial charge on any atom is 0.345 e. The molecule has 62 valence electrons. The molecule has 0 unspecified atom stereocenters. The number of nitrogens with two attached hydrogens (primary N) is 1. The Kier molecular flexibility index (Phi) is 2.09. The minimum atomic E-state index is -0.123. The predicted octanol–water partition coefficient (Wildman–Crippen LogP) is -1.07. The molecule has 0 radical (unpaired) electrons. The molecule has 2 N–H and O–H groups in total. The molecule has 5 heteroatoms. The van der Waals surface area contributed by atoms with Crippen LogP contribution in [0, 0.1) is 0 Å². The second-order valence-electron chi connectivity index (χ2n) is 2.68. The molecule has 0 saturated heterocycles. The molecule has 11 heavy (non-hydrogen) atoms. The van der Waals surface area contributed by atoms with E-state index in [2.05, 4.69) is 5.10 Å². The third kappa shape index (κ3) is 1.68. The van der Waals surface area contributed by atoms with Crippen LogP contribution in [0.25, 0.3) is 0 Å². The number of aryl methyl sites for hydroxylation is 1. The standard InChI is InChI=1S/C6H12N4O/c1-5(7)3-10-6(11)9(2)4-8-10/h4-5H,3,7H2,1-2H3/t5-/m1/s1. The van der Waals surface area contributed by atoms with Crippen molar-refractivity contribution in [2.24, 2.45) is 12.8 Å². The normalized spacial score (nSPS) is 13.4. The van der Waals surface area contributed by atoms with Gasteiger partial charge < -0.3 is 5.73 Å². The first-order chi connectivity index (χ1) is 5.11. The van der Waals surface area contributed by atoms with E-state index in [1.165, 1.54) is 15.6 Å². The third-order valence-electron chi connectivity index (χ3n) is 1.35. The molecule has 0 aliphatic heterocycles. The Morgan fingerprint density at radius 3 is 2.82 bits per heavy atom. The maximum absolute atomic E-state index is 11.1. The summed E-state index contributed by atoms with van der Waals surface area (Å²) in [6, 6.07) is -0.0393. The van der Waals surface area contributed by atoms with Gasteiger partial charge in [0, 0.05) is 13.1 Å². The van der Waals surface area contributed by atoms with E-state index in [4.69, 9.17) is 5.73 Å². The molecule has 1 rings (SSSR count). The van der Waals surface area contributed by atoms with Gasteiger partial charge in [0.2, 0.25) is 0 Å². The van der Waals surface area contributed by atoms with Crippen LogP contribution in [-0.2, 0) is 13.6 Å². The van der Waals surface area contributed by atoms with E-state index in [9.17, 15) is 4.79 Å². The van der Waals surface area contributed by atoms with Crippen LogP contribution in [0.15, 0.2) is 11.1 Å². The highest BCUT2D eigenvalue weighted by Gasteiger charge is 2.02. The first-order valence-corrected chi connectivity index (χ1v) is 3.45. The molecule has 0 aromatic carbocycles. The SMILES string of the molecule is C[C@@H](N)Cn1ncn(C)c1=O. The van der Waals surface area contributed by atoms with E-state index < -0.39 is 0 Å². The monoisotopic (exact) mass is 156 g/mol. The van der Waals surface area contributed by atoms with Gasteiger partial charge in [-0.1, -0.05) is 0 Å². The van der Waals surface area contributed by atoms with E-state index in [0.717, 1.165) is 0 Å². The van der Waals surface area contributed by atoms with Gasteiger partial charge in [0.15, 0.2) is 0 Å². The van der Waals surface area contributed by atoms with Gasteiger partial charge in [-0.15, -0.1) is 0 Å². The molecule has 1 aromatic rings. The van der Waals surface area contributed by atoms with Crippen molar-refractivity contribution in [3.05, 3.63) is 16.8 Å². The number of nitrogens with zero attached hydrogens (tertiary/aromatic N) is 3. The third-order valence-corrected chi connectivity index (χ3v) is 1.35. The highest BCUT2D eigenvalue weighted by molar-refractivity contribution is 4.66. The van der Waals surface area contributed by atoms with Crippen LogP contribution in [0.3, 0.4) is 0 Å². The molecule has 0 amide bonds. The maximum atomic E-state index is 11.1. The topological polar surface area (TPSA) is 65.8 Å². The Labute approximate surface area is 64.4 Å². The van der Waals surface area contributed by atoms with Crippen LogP contribution in [0.1, 0.15) is 6.92 Å². The van der Waals surface area contributed by atoms with Crippen LogP contribution in [0.4, 0.5) is 0 Å². The van der Waals surface area contributed by atoms with Gasteiger partial charge in [0.05, 0.1) is 6.54 Å². The molecule has 1 atom stereocenters. The lowest BCUT2D eigenvalue weighted by Crippen LogP contribution is -2.31. The Bertz CT molecular complexity index is 285. The van der Waals surface area contributed by atoms with E-state index in [0.29, 0.717) is 6.54 Å². The van der Waals surface area contributed by atoms with Crippen molar-refractivity contribution < 1.29 is 0 Å². The van der Waals surface area contributed by atoms with E-state index in [-0.39, 0.29) is 11.7 Å². The van der Waals surface area contributed by atoms with E-state index >= 15 is 0 Å². The van der Waals surface area contributed by atoms with Crippen LogP contribution in [0.2, 0.25) is 0 Å². The van der Waals surface area contributed by atoms with Crippen molar-refractivity contribution in [1.82, 2.24) is 14.3 Å². The lowest BCUT2D eigenvalue weighted by atomic mass is 10.4. The second kappa shape index (κ2) is 2.87. The van der Waals surface area contributed by atoms with Crippen molar-refractivity contribution in [2.45, 2.75) is 19.5 Å². The van der Waals surface area contributed by atoms with Crippen molar-refractivity contribution in [3.8, 4) is 0 Å². The molecule has 0 fully saturated rings. The zero-order chi connectivity index (χ0) is 8.43. The predicted molar refractivity (Wildman–Crippen MR) is 41.1 cm³/mol. The fraction of sp³-hybridized carbons (Fsp3) is 0.667. The lowest BCUT2D eigenvalue weighted by molar-refractivity contribution is 0.519. The summed E-state index contributed by atoms with van der Waals surface area (Å²) in [6.07, 6.45) is 1.48. The first-order valence-electron chi connectivity index (χ1n) is 3.45. The Morgan fingerprint density at radius 1 is 1.82 bits per heavy atom. The van der Waals surface area contributed by atoms with Crippen LogP contribution in [-0.4, -0.2) is 20.4 Å². The summed E-state index contributed by atoms with van der Waals surface area (Å²) in [4.78, 5) is 11.1. The summed E-state index contributed by atoms with van der Waals surface area (Å²) in [6.45, 7) is 2.31. The van der Waals surface area contributed by atoms with E-state index in [1.807, 2.05) is 6.92 Å². The molecule has 1 aromatic heterocycles. The molecule has 1 heterocycles. The summed E-state index contributed by atoms with van der Waals surface area (Å²) in [5, 5.41) is 3.84. The summed E-state index contributed by atoms with van der Waals surface area (Å²) in [5.74, 6) is 0. The van der Waals surface area contributed by atoms with Gasteiger partial charge in [-0.3, -0.25) is 4.57 Å². The molecule has 0 spiro atoms. The minimum absolute atomic E-state index is 0.0393. The quantitative estimate of drug-likeness (QED) is 0.593. The second-order valence-corrected chi connectivity index (χ2v) is 2.68. The fourth-order valence-corrected chi connectivity index (χ4v) is 0.819. The number of aromatic nitrogens is 3. The van der Waals surface area contributed by atoms with E-state index in [1.54, 1.807) is 7.05 Å². The van der Waals surface area contributed by atoms with Gasteiger partial charge in [0.1, 0.15) is 6.33 Å². The summed E-state index contributed by atoms with van der Waals surface area (Å²) < 4.78 is 2.77. The summed E-state index contributed by atoms with van der Waals surface area (Å²) in [5.41, 5.74) is 5.37. The largest absolute Gasteiger partial charge is 0.345 e. The Hall–Kier alpha value is -1.10. The van der Waals surface area contributed by atoms with Gasteiger partial charge in [-0.25, -0.2) is 9.48 Å². The molecule has 5 nitrogen and oxygen atoms in total. The van der Waals surface area contributed by atoms with Crippen LogP contribution >= 0.6 is 0 Å². The highest BCUT2D eigenvalue weighted by Crippen LogP contribution is 1.80. The van der Waals surface area contributed by atoms with Crippen molar-refractivity contribution >= 4 is 0 Å². The molecular formula is C6H12N4O. The fourth-order valence-electron chi connectivity index (χ4n) is 0.819. The Balaban J connectivity index is 2.88. The average Bonchev–Trinajstić information content (AvgIpc) is 2.18. The summed E-state index contributed by atoms with van der Waals surface area (Å²) >= 11 is 0. The number of hydrogen-bond acceptors (Lipinski definition) is 3. The minimum Gasteiger partial charge on any atom is -0.326 e. The van der Waals surface area contributed by atoms with Crippen molar-refractivity contribution in [3.63, 3.8) is 0 Å². The number of rotatable bonds is 2.